The van der Waals surface area contributed by atoms with Gasteiger partial charge in [-0.15, -0.1) is 0 Å². The van der Waals surface area contributed by atoms with Crippen molar-refractivity contribution in [3.63, 3.8) is 0 Å². The van der Waals surface area contributed by atoms with E-state index in [1.807, 2.05) is 18.3 Å². The van der Waals surface area contributed by atoms with Gasteiger partial charge in [0, 0.05) is 48.8 Å². The number of piperidine rings is 4. The van der Waals surface area contributed by atoms with E-state index in [0.717, 1.165) is 73.7 Å². The molecule has 52 heavy (non-hydrogen) atoms. The highest BCUT2D eigenvalue weighted by Crippen LogP contribution is 2.38. The van der Waals surface area contributed by atoms with Crippen molar-refractivity contribution >= 4 is 52.3 Å². The zero-order valence-corrected chi connectivity index (χ0v) is 31.8. The normalized spacial score (nSPS) is 23.5. The number of benzene rings is 2. The number of nitrogens with one attached hydrogen (secondary N) is 2. The molecule has 280 valence electrons. The van der Waals surface area contributed by atoms with E-state index in [0.29, 0.717) is 34.4 Å². The number of halogens is 1. The van der Waals surface area contributed by atoms with E-state index in [-0.39, 0.29) is 17.4 Å². The molecule has 4 saturated heterocycles. The third kappa shape index (κ3) is 8.90. The standard InChI is InChI=1S/C39H54ClN9O2S/c1-39(14-20-49(21-15-39)33-24-43-38(36(42)45-33)52-32-7-3-6-31(41)35(32)40)44-23-26-10-16-47(17-11-26)25-27-12-18-48(19-13-27)29-5-2-4-28(22-29)30-8-9-34(50)46-37(30)51/h2-7,22,24,26-27,30,34,44,50H,8-21,23,25,41H2,1H3,(H2,42,45)(H,46,51). The Hall–Kier alpha value is -3.29. The second-order valence-corrected chi connectivity index (χ2v) is 16.9. The van der Waals surface area contributed by atoms with Crippen LogP contribution in [0.2, 0.25) is 5.02 Å². The Morgan fingerprint density at radius 3 is 2.42 bits per heavy atom. The Balaban J connectivity index is 0.806. The van der Waals surface area contributed by atoms with Crippen LogP contribution in [0.1, 0.15) is 69.8 Å². The fourth-order valence-corrected chi connectivity index (χ4v) is 9.34. The summed E-state index contributed by atoms with van der Waals surface area (Å²) in [6, 6.07) is 14.0. The van der Waals surface area contributed by atoms with Gasteiger partial charge in [0.25, 0.3) is 0 Å². The number of amides is 1. The number of rotatable bonds is 10. The first-order valence-electron chi connectivity index (χ1n) is 19.0. The molecule has 2 aromatic carbocycles. The lowest BCUT2D eigenvalue weighted by molar-refractivity contribution is -0.128. The van der Waals surface area contributed by atoms with Gasteiger partial charge in [0.05, 0.1) is 22.8 Å². The zero-order chi connectivity index (χ0) is 36.2. The van der Waals surface area contributed by atoms with Gasteiger partial charge >= 0.3 is 0 Å². The summed E-state index contributed by atoms with van der Waals surface area (Å²) < 4.78 is 0. The number of aliphatic hydroxyl groups excluding tert-OH is 1. The number of anilines is 4. The highest BCUT2D eigenvalue weighted by Gasteiger charge is 2.33. The molecule has 7 N–H and O–H groups in total. The lowest BCUT2D eigenvalue weighted by atomic mass is 9.87. The first-order chi connectivity index (χ1) is 25.1. The molecular formula is C39H54ClN9O2S. The summed E-state index contributed by atoms with van der Waals surface area (Å²) in [6.45, 7) is 11.0. The van der Waals surface area contributed by atoms with E-state index in [1.165, 1.54) is 62.8 Å². The van der Waals surface area contributed by atoms with Crippen LogP contribution in [-0.2, 0) is 4.79 Å². The fourth-order valence-electron chi connectivity index (χ4n) is 8.28. The van der Waals surface area contributed by atoms with Crippen molar-refractivity contribution in [1.29, 1.82) is 0 Å². The van der Waals surface area contributed by atoms with E-state index in [2.05, 4.69) is 61.5 Å². The average molecular weight is 748 g/mol. The van der Waals surface area contributed by atoms with Crippen LogP contribution in [-0.4, -0.2) is 90.0 Å². The van der Waals surface area contributed by atoms with Crippen LogP contribution in [0.15, 0.2) is 58.6 Å². The summed E-state index contributed by atoms with van der Waals surface area (Å²) >= 11 is 7.76. The molecule has 0 bridgehead atoms. The Kier molecular flexibility index (Phi) is 11.7. The predicted octanol–water partition coefficient (Wildman–Crippen LogP) is 5.33. The van der Waals surface area contributed by atoms with Gasteiger partial charge in [0.2, 0.25) is 5.91 Å². The Bertz CT molecular complexity index is 1690. The number of nitrogens with zero attached hydrogens (tertiary/aromatic N) is 5. The maximum atomic E-state index is 12.5. The number of carbonyl (C=O) groups is 1. The molecule has 2 atom stereocenters. The Labute approximate surface area is 317 Å². The molecule has 0 saturated carbocycles. The first-order valence-corrected chi connectivity index (χ1v) is 20.2. The van der Waals surface area contributed by atoms with Crippen molar-refractivity contribution in [3.05, 3.63) is 59.2 Å². The highest BCUT2D eigenvalue weighted by molar-refractivity contribution is 7.99. The molecule has 0 radical (unpaired) electrons. The van der Waals surface area contributed by atoms with Crippen LogP contribution in [0, 0.1) is 11.8 Å². The molecule has 1 aromatic heterocycles. The summed E-state index contributed by atoms with van der Waals surface area (Å²) in [6.07, 6.45) is 9.41. The number of aliphatic hydroxyl groups is 1. The maximum absolute atomic E-state index is 12.5. The Morgan fingerprint density at radius 1 is 0.962 bits per heavy atom. The lowest BCUT2D eigenvalue weighted by Crippen LogP contribution is -2.53. The van der Waals surface area contributed by atoms with E-state index in [9.17, 15) is 9.90 Å². The highest BCUT2D eigenvalue weighted by atomic mass is 35.5. The second-order valence-electron chi connectivity index (χ2n) is 15.5. The van der Waals surface area contributed by atoms with E-state index in [1.54, 1.807) is 6.07 Å². The number of carbonyl (C=O) groups excluding carboxylic acids is 1. The van der Waals surface area contributed by atoms with Gasteiger partial charge in [-0.2, -0.15) is 0 Å². The monoisotopic (exact) mass is 747 g/mol. The van der Waals surface area contributed by atoms with Crippen molar-refractivity contribution in [2.75, 3.05) is 73.6 Å². The van der Waals surface area contributed by atoms with Crippen molar-refractivity contribution in [3.8, 4) is 0 Å². The maximum Gasteiger partial charge on any atom is 0.229 e. The number of hydrogen-bond acceptors (Lipinski definition) is 11. The molecule has 4 aliphatic rings. The molecule has 0 spiro atoms. The minimum Gasteiger partial charge on any atom is -0.397 e. The van der Waals surface area contributed by atoms with Crippen LogP contribution in [0.5, 0.6) is 0 Å². The smallest absolute Gasteiger partial charge is 0.229 e. The number of nitrogens with two attached hydrogens (primary N) is 2. The van der Waals surface area contributed by atoms with E-state index < -0.39 is 6.23 Å². The van der Waals surface area contributed by atoms with Gasteiger partial charge in [0.15, 0.2) is 5.82 Å². The SMILES string of the molecule is CC1(NCC2CCN(CC3CCN(c4cccc(C5CCC(O)NC5=O)c4)CC3)CC2)CCN(c2cnc(Sc3cccc(N)c3Cl)c(N)n2)CC1. The number of likely N-dealkylation sites (tertiary alicyclic amines) is 1. The Morgan fingerprint density at radius 2 is 1.69 bits per heavy atom. The molecule has 2 unspecified atom stereocenters. The number of hydrogen-bond donors (Lipinski definition) is 5. The van der Waals surface area contributed by atoms with Crippen molar-refractivity contribution < 1.29 is 9.90 Å². The predicted molar refractivity (Wildman–Crippen MR) is 211 cm³/mol. The van der Waals surface area contributed by atoms with Gasteiger partial charge in [0.1, 0.15) is 17.1 Å². The molecule has 11 nitrogen and oxygen atoms in total. The van der Waals surface area contributed by atoms with Crippen molar-refractivity contribution in [1.82, 2.24) is 25.5 Å². The van der Waals surface area contributed by atoms with Gasteiger partial charge < -0.3 is 41.9 Å². The van der Waals surface area contributed by atoms with Crippen LogP contribution in [0.3, 0.4) is 0 Å². The van der Waals surface area contributed by atoms with Gasteiger partial charge in [-0.3, -0.25) is 4.79 Å². The number of nitrogen functional groups attached to an aromatic ring is 2. The molecule has 0 aliphatic carbocycles. The van der Waals surface area contributed by atoms with Crippen molar-refractivity contribution in [2.24, 2.45) is 11.8 Å². The van der Waals surface area contributed by atoms with E-state index >= 15 is 0 Å². The zero-order valence-electron chi connectivity index (χ0n) is 30.3. The molecule has 4 aliphatic heterocycles. The third-order valence-corrected chi connectivity index (χ3v) is 13.4. The molecule has 4 fully saturated rings. The summed E-state index contributed by atoms with van der Waals surface area (Å²) in [4.78, 5) is 30.1. The first kappa shape index (κ1) is 37.0. The summed E-state index contributed by atoms with van der Waals surface area (Å²) in [5.41, 5.74) is 15.2. The summed E-state index contributed by atoms with van der Waals surface area (Å²) in [5.74, 6) is 2.44. The van der Waals surface area contributed by atoms with Gasteiger partial charge in [-0.05, 0) is 120 Å². The minimum atomic E-state index is -0.715. The quantitative estimate of drug-likeness (QED) is 0.171. The molecule has 5 heterocycles. The van der Waals surface area contributed by atoms with Gasteiger partial charge in [-0.25, -0.2) is 9.97 Å². The average Bonchev–Trinajstić information content (AvgIpc) is 3.15. The second kappa shape index (κ2) is 16.4. The molecule has 1 amide bonds. The van der Waals surface area contributed by atoms with Gasteiger partial charge in [-0.1, -0.05) is 41.6 Å². The van der Waals surface area contributed by atoms with Crippen LogP contribution < -0.4 is 31.9 Å². The topological polar surface area (TPSA) is 149 Å². The number of aromatic nitrogens is 2. The summed E-state index contributed by atoms with van der Waals surface area (Å²) in [5, 5.41) is 17.6. The lowest BCUT2D eigenvalue weighted by Gasteiger charge is -2.42. The van der Waals surface area contributed by atoms with E-state index in [4.69, 9.17) is 28.1 Å². The molecule has 3 aromatic rings. The molecule has 7 rings (SSSR count). The van der Waals surface area contributed by atoms with Crippen LogP contribution in [0.25, 0.3) is 0 Å². The summed E-state index contributed by atoms with van der Waals surface area (Å²) in [7, 11) is 0. The van der Waals surface area contributed by atoms with Crippen LogP contribution >= 0.6 is 23.4 Å². The molecular weight excluding hydrogens is 694 g/mol. The fraction of sp³-hybridized carbons (Fsp3) is 0.564. The van der Waals surface area contributed by atoms with Crippen molar-refractivity contribution in [2.45, 2.75) is 85.9 Å². The van der Waals surface area contributed by atoms with Crippen LogP contribution in [0.4, 0.5) is 23.0 Å². The molecule has 13 heteroatoms. The third-order valence-electron chi connectivity index (χ3n) is 11.8. The largest absolute Gasteiger partial charge is 0.397 e. The minimum absolute atomic E-state index is 0.0675.